The number of methoxy groups -OCH3 is 2. The third kappa shape index (κ3) is 35.8. The molecule has 768 valence electrons. The number of unbranched alkanes of at least 4 members (excludes halogenated alkanes) is 1. The number of fused-ring (bicyclic) bond motifs is 2. The van der Waals surface area contributed by atoms with E-state index in [2.05, 4.69) is 65.1 Å². The number of benzene rings is 3. The van der Waals surface area contributed by atoms with E-state index in [1.54, 1.807) is 96.5 Å². The maximum absolute atomic E-state index is 15.0. The molecule has 3 aromatic rings. The number of nitrogens with one attached hydrogen (secondary N) is 10. The van der Waals surface area contributed by atoms with Crippen LogP contribution in [0, 0.1) is 41.4 Å². The summed E-state index contributed by atoms with van der Waals surface area (Å²) in [6.45, 7) is 20.9. The molecule has 0 radical (unpaired) electrons. The Labute approximate surface area is 813 Å². The van der Waals surface area contributed by atoms with Crippen LogP contribution in [0.4, 0.5) is 10.5 Å². The van der Waals surface area contributed by atoms with Gasteiger partial charge in [0, 0.05) is 84.0 Å². The monoisotopic (exact) mass is 1930 g/mol. The molecular formula is C100H155N15O23. The Hall–Kier alpha value is -10.3. The second kappa shape index (κ2) is 60.0. The van der Waals surface area contributed by atoms with Crippen LogP contribution in [-0.2, 0) is 97.2 Å². The van der Waals surface area contributed by atoms with E-state index >= 15 is 4.79 Å². The SMILES string of the molecule is CC[C@H](C)[C@@H]([C@@H](CC(=O)N1CCC[C@H]1[C@H](OC)[C@@H](C)C(=O)N[C@H](C)[C@@H](O)c1ccccc1)OC)N(C)C(=O)[C@@H](NC(=O)[C@H](C(C)C)N(C)C(=O)NC(=O)[C@H](C)NC(=O)[C@@H](NC(=O)[C@@H](CCCCNC(=O)COC1CCCCC/C(N[C@@H]2O[C@H](CO)CC[C@H]2O)=C\1NN)NC(=O)CCOCCOCCOCCOCCNC(=O)CCC(=O)N1Cc2ccccc2C#Cc2ccccc21)C(C)C)C(C)C. The predicted molar refractivity (Wildman–Crippen MR) is 516 cm³/mol. The largest absolute Gasteiger partial charge is 0.394 e. The smallest absolute Gasteiger partial charge is 0.324 e. The molecule has 0 spiro atoms. The molecule has 15 N–H and O–H groups in total. The van der Waals surface area contributed by atoms with Crippen LogP contribution in [0.5, 0.6) is 0 Å². The molecule has 0 aromatic heterocycles. The Balaban J connectivity index is 0.887. The Morgan fingerprint density at radius 3 is 1.89 bits per heavy atom. The van der Waals surface area contributed by atoms with Crippen molar-refractivity contribution in [2.24, 2.45) is 35.4 Å². The summed E-state index contributed by atoms with van der Waals surface area (Å²) in [7, 11) is 5.88. The van der Waals surface area contributed by atoms with Gasteiger partial charge in [-0.05, 0) is 131 Å². The topological polar surface area (TPSA) is 499 Å². The van der Waals surface area contributed by atoms with Gasteiger partial charge in [-0.2, -0.15) is 0 Å². The van der Waals surface area contributed by atoms with Gasteiger partial charge in [-0.15, -0.1) is 0 Å². The van der Waals surface area contributed by atoms with Crippen molar-refractivity contribution in [3.8, 4) is 11.8 Å². The number of nitrogens with two attached hydrogens (primary N) is 1. The van der Waals surface area contributed by atoms with E-state index < -0.39 is 162 Å². The van der Waals surface area contributed by atoms with Crippen LogP contribution in [0.15, 0.2) is 90.3 Å². The molecular weight excluding hydrogens is 1780 g/mol. The molecule has 7 rings (SSSR count). The van der Waals surface area contributed by atoms with E-state index in [-0.39, 0.29) is 147 Å². The number of carbonyl (C=O) groups is 12. The number of urea groups is 1. The molecule has 1 aliphatic carbocycles. The standard InChI is InChI=1S/C100H155N15O23/c1-16-65(8)90(80(131-14)58-85(122)114-49-29-38-77(114)92(132-15)66(9)93(124)104-67(10)91(123)71-32-19-17-20-33-71)112(12)99(129)87(63(4)5)109-97(128)89(64(6)7)113(13)100(130)110-94(125)68(11)105-96(127)86(62(2)3)108-95(126)75(36-27-28-47-102-83(120)61-137-79-39-22-18-21-35-74(88(79)111-101)107-98-78(117)43-42-73(60-116)138-98)106-82(119)46-50-133-52-54-135-56-57-136-55-53-134-51-48-103-81(118)44-45-84(121)115-59-72-34-24-23-30-69(72)40-41-70-31-25-26-37-76(70)115/h17,19-20,23-26,30-34,37,62-68,73,75,77-80,86-87,89-92,98,107,111,116-117,123H,16,18,21-22,27-29,35-36,38-39,42-61,101H2,1-15H3,(H,102,120)(H,103,118)(H,104,124)(H,105,127)(H,106,119)(H,108,126)(H,109,128)(H,110,125,130)/b88-74-/t65-,66+,67+,68-,73-,75+,77-,78+,79?,80+,86-,87-,89-,90-,91+,92+,98+/m0/s1. The lowest BCUT2D eigenvalue weighted by atomic mass is 9.89. The number of aliphatic hydroxyl groups excluding tert-OH is 3. The number of allylic oxidation sites excluding steroid dienone is 1. The zero-order valence-electron chi connectivity index (χ0n) is 83.3. The first kappa shape index (κ1) is 115. The van der Waals surface area contributed by atoms with Crippen LogP contribution < -0.4 is 64.0 Å². The first-order chi connectivity index (χ1) is 66.1. The summed E-state index contributed by atoms with van der Waals surface area (Å²) in [5.41, 5.74) is 7.76. The molecule has 0 bridgehead atoms. The van der Waals surface area contributed by atoms with Crippen molar-refractivity contribution in [2.45, 2.75) is 283 Å². The first-order valence-corrected chi connectivity index (χ1v) is 48.9. The summed E-state index contributed by atoms with van der Waals surface area (Å²) >= 11 is 0. The number of likely N-dealkylation sites (tertiary alicyclic amines) is 1. The quantitative estimate of drug-likeness (QED) is 0.0158. The zero-order valence-corrected chi connectivity index (χ0v) is 83.3. The minimum Gasteiger partial charge on any atom is -0.394 e. The second-order valence-corrected chi connectivity index (χ2v) is 37.0. The minimum absolute atomic E-state index is 0.0000197. The summed E-state index contributed by atoms with van der Waals surface area (Å²) in [5, 5.41) is 56.8. The molecule has 13 amide bonds. The summed E-state index contributed by atoms with van der Waals surface area (Å²) in [5.74, 6) is 3.97. The van der Waals surface area contributed by atoms with Crippen LogP contribution in [0.3, 0.4) is 0 Å². The molecule has 38 nitrogen and oxygen atoms in total. The third-order valence-corrected chi connectivity index (χ3v) is 25.7. The normalized spacial score (nSPS) is 19.7. The summed E-state index contributed by atoms with van der Waals surface area (Å²) in [6, 6.07) is 15.0. The predicted octanol–water partition coefficient (Wildman–Crippen LogP) is 4.67. The van der Waals surface area contributed by atoms with Crippen molar-refractivity contribution in [2.75, 3.05) is 119 Å². The van der Waals surface area contributed by atoms with Crippen molar-refractivity contribution in [1.82, 2.24) is 68.0 Å². The number of imide groups is 1. The van der Waals surface area contributed by atoms with Gasteiger partial charge in [-0.25, -0.2) is 4.79 Å². The highest BCUT2D eigenvalue weighted by molar-refractivity contribution is 6.01. The Morgan fingerprint density at radius 1 is 0.601 bits per heavy atom. The summed E-state index contributed by atoms with van der Waals surface area (Å²) in [4.78, 5) is 174. The number of hydrazine groups is 1. The van der Waals surface area contributed by atoms with E-state index in [1.165, 1.54) is 33.1 Å². The Morgan fingerprint density at radius 2 is 1.24 bits per heavy atom. The fourth-order valence-corrected chi connectivity index (χ4v) is 17.6. The van der Waals surface area contributed by atoms with Gasteiger partial charge in [0.05, 0.1) is 138 Å². The van der Waals surface area contributed by atoms with Crippen molar-refractivity contribution < 1.29 is 111 Å². The number of para-hydroxylation sites is 1. The minimum atomic E-state index is -1.41. The number of hydrogen-bond donors (Lipinski definition) is 14. The number of carbonyl (C=O) groups excluding carboxylic acids is 12. The molecule has 0 saturated carbocycles. The molecule has 3 aromatic carbocycles. The highest BCUT2D eigenvalue weighted by Crippen LogP contribution is 2.33. The number of rotatable bonds is 57. The van der Waals surface area contributed by atoms with Crippen molar-refractivity contribution in [1.29, 1.82) is 0 Å². The summed E-state index contributed by atoms with van der Waals surface area (Å²) in [6.07, 6.45) is 1.39. The lowest BCUT2D eigenvalue weighted by Crippen LogP contribution is -2.61. The van der Waals surface area contributed by atoms with Gasteiger partial charge in [0.15, 0.2) is 6.23 Å². The fourth-order valence-electron chi connectivity index (χ4n) is 17.6. The number of aliphatic hydroxyl groups is 3. The zero-order chi connectivity index (χ0) is 101. The van der Waals surface area contributed by atoms with E-state index in [0.717, 1.165) is 40.9 Å². The van der Waals surface area contributed by atoms with Gasteiger partial charge in [0.1, 0.15) is 42.9 Å². The van der Waals surface area contributed by atoms with Crippen molar-refractivity contribution >= 4 is 76.7 Å². The van der Waals surface area contributed by atoms with Crippen LogP contribution in [0.25, 0.3) is 0 Å². The Kier molecular flexibility index (Phi) is 49.9. The van der Waals surface area contributed by atoms with Gasteiger partial charge in [-0.3, -0.25) is 63.9 Å². The van der Waals surface area contributed by atoms with E-state index in [4.69, 9.17) is 43.7 Å². The highest BCUT2D eigenvalue weighted by Gasteiger charge is 2.45. The molecule has 2 fully saturated rings. The van der Waals surface area contributed by atoms with Gasteiger partial charge < -0.3 is 121 Å². The second-order valence-electron chi connectivity index (χ2n) is 37.0. The van der Waals surface area contributed by atoms with Crippen LogP contribution in [0.2, 0.25) is 0 Å². The van der Waals surface area contributed by atoms with Gasteiger partial charge in [-0.1, -0.05) is 154 Å². The molecule has 1 unspecified atom stereocenters. The van der Waals surface area contributed by atoms with Gasteiger partial charge >= 0.3 is 6.03 Å². The number of hydrogen-bond acceptors (Lipinski definition) is 26. The van der Waals surface area contributed by atoms with Gasteiger partial charge in [0.2, 0.25) is 65.0 Å². The maximum Gasteiger partial charge on any atom is 0.324 e. The lowest BCUT2D eigenvalue weighted by Gasteiger charge is -2.41. The summed E-state index contributed by atoms with van der Waals surface area (Å²) < 4.78 is 46.8. The molecule has 38 heteroatoms. The molecule has 3 heterocycles. The average molecular weight is 1940 g/mol. The van der Waals surface area contributed by atoms with Crippen LogP contribution >= 0.6 is 0 Å². The van der Waals surface area contributed by atoms with Crippen LogP contribution in [0.1, 0.15) is 214 Å². The maximum atomic E-state index is 15.0. The number of anilines is 1. The molecule has 2 saturated heterocycles. The van der Waals surface area contributed by atoms with E-state index in [0.29, 0.717) is 87.1 Å². The Bertz CT molecular complexity index is 4480. The van der Waals surface area contributed by atoms with Gasteiger partial charge in [0.25, 0.3) is 0 Å². The fraction of sp³-hybridized carbons (Fsp3) is 0.660. The average Bonchev–Trinajstić information content (AvgIpc) is 1.53. The number of nitrogens with zero attached hydrogens (tertiary/aromatic N) is 4. The van der Waals surface area contributed by atoms with E-state index in [1.807, 2.05) is 68.4 Å². The molecule has 17 atom stereocenters. The van der Waals surface area contributed by atoms with Crippen molar-refractivity contribution in [3.63, 3.8) is 0 Å². The number of ether oxygens (including phenoxy) is 8. The number of likely N-dealkylation sites (N-methyl/N-ethyl adjacent to an activating group) is 2. The highest BCUT2D eigenvalue weighted by atomic mass is 16.6. The lowest BCUT2D eigenvalue weighted by molar-refractivity contribution is -0.148. The molecule has 4 aliphatic rings. The molecule has 138 heavy (non-hydrogen) atoms. The first-order valence-electron chi connectivity index (χ1n) is 48.9. The van der Waals surface area contributed by atoms with E-state index in [9.17, 15) is 68.1 Å². The number of amides is 13. The molecule has 3 aliphatic heterocycles. The third-order valence-electron chi connectivity index (χ3n) is 25.7. The van der Waals surface area contributed by atoms with Crippen molar-refractivity contribution in [3.05, 3.63) is 113 Å². The van der Waals surface area contributed by atoms with Crippen LogP contribution in [-0.4, -0.2) is 300 Å².